The van der Waals surface area contributed by atoms with Crippen LogP contribution in [-0.2, 0) is 9.53 Å². The molecule has 0 unspecified atom stereocenters. The summed E-state index contributed by atoms with van der Waals surface area (Å²) in [5.41, 5.74) is 0. The average Bonchev–Trinajstić information content (AvgIpc) is 1.80. The molecule has 0 heterocycles. The molecule has 0 fully saturated rings. The van der Waals surface area contributed by atoms with Crippen molar-refractivity contribution in [2.75, 3.05) is 6.61 Å². The number of halogens is 4. The lowest BCUT2D eigenvalue weighted by molar-refractivity contribution is -0.185. The van der Waals surface area contributed by atoms with E-state index in [4.69, 9.17) is 0 Å². The molecule has 66 valence electrons. The van der Waals surface area contributed by atoms with Crippen molar-refractivity contribution in [1.29, 1.82) is 0 Å². The van der Waals surface area contributed by atoms with Gasteiger partial charge in [-0.05, 0) is 6.92 Å². The zero-order chi connectivity index (χ0) is 9.07. The molecule has 0 rings (SSSR count). The van der Waals surface area contributed by atoms with Gasteiger partial charge >= 0.3 is 12.1 Å². The van der Waals surface area contributed by atoms with Crippen molar-refractivity contribution in [3.8, 4) is 0 Å². The summed E-state index contributed by atoms with van der Waals surface area (Å²) >= 11 is 2.77. The Morgan fingerprint density at radius 3 is 2.36 bits per heavy atom. The third-order valence-electron chi connectivity index (χ3n) is 0.703. The van der Waals surface area contributed by atoms with Gasteiger partial charge in [0, 0.05) is 0 Å². The molecule has 0 aliphatic heterocycles. The quantitative estimate of drug-likeness (QED) is 0.539. The van der Waals surface area contributed by atoms with Gasteiger partial charge in [-0.1, -0.05) is 15.9 Å². The summed E-state index contributed by atoms with van der Waals surface area (Å²) in [4.78, 5) is 9.72. The average molecular weight is 235 g/mol. The molecular weight excluding hydrogens is 229 g/mol. The molecule has 2 nitrogen and oxygen atoms in total. The fourth-order valence-corrected chi connectivity index (χ4v) is 0.400. The Bertz CT molecular complexity index is 143. The molecule has 0 amide bonds. The first-order valence-electron chi connectivity index (χ1n) is 2.70. The van der Waals surface area contributed by atoms with Crippen molar-refractivity contribution < 1.29 is 22.7 Å². The summed E-state index contributed by atoms with van der Waals surface area (Å²) in [7, 11) is 0. The molecule has 0 aliphatic rings. The van der Waals surface area contributed by atoms with E-state index < -0.39 is 23.6 Å². The molecule has 1 atom stereocenters. The summed E-state index contributed by atoms with van der Waals surface area (Å²) in [6, 6.07) is 0. The van der Waals surface area contributed by atoms with Crippen LogP contribution in [0, 0.1) is 0 Å². The van der Waals surface area contributed by atoms with Crippen LogP contribution in [0.4, 0.5) is 13.2 Å². The number of alkyl halides is 4. The maximum Gasteiger partial charge on any atom is 0.422 e. The Labute approximate surface area is 69.8 Å². The minimum Gasteiger partial charge on any atom is -0.455 e. The van der Waals surface area contributed by atoms with Gasteiger partial charge in [-0.25, -0.2) is 0 Å². The standard InChI is InChI=1S/C5H6BrF3O2/c1-3(6)4(10)11-2-5(7,8)9/h3H,2H2,1H3/t3-/m0/s1. The Morgan fingerprint density at radius 2 is 2.09 bits per heavy atom. The molecule has 0 saturated carbocycles. The Balaban J connectivity index is 3.64. The SMILES string of the molecule is C[C@H](Br)C(=O)OCC(F)(F)F. The minimum absolute atomic E-state index is 0.704. The van der Waals surface area contributed by atoms with Crippen LogP contribution in [-0.4, -0.2) is 23.6 Å². The second kappa shape index (κ2) is 3.94. The van der Waals surface area contributed by atoms with Gasteiger partial charge in [0.1, 0.15) is 4.83 Å². The first-order chi connectivity index (χ1) is 4.83. The number of carbonyl (C=O) groups is 1. The van der Waals surface area contributed by atoms with Crippen LogP contribution in [0.15, 0.2) is 0 Å². The molecule has 6 heteroatoms. The van der Waals surface area contributed by atoms with Gasteiger partial charge in [-0.3, -0.25) is 4.79 Å². The molecule has 0 radical (unpaired) electrons. The monoisotopic (exact) mass is 234 g/mol. The van der Waals surface area contributed by atoms with Crippen molar-refractivity contribution in [3.05, 3.63) is 0 Å². The maximum absolute atomic E-state index is 11.4. The van der Waals surface area contributed by atoms with Crippen molar-refractivity contribution in [1.82, 2.24) is 0 Å². The number of ether oxygens (including phenoxy) is 1. The van der Waals surface area contributed by atoms with Gasteiger partial charge in [0.25, 0.3) is 0 Å². The first-order valence-corrected chi connectivity index (χ1v) is 3.62. The van der Waals surface area contributed by atoms with Crippen molar-refractivity contribution in [2.24, 2.45) is 0 Å². The van der Waals surface area contributed by atoms with Crippen LogP contribution in [0.3, 0.4) is 0 Å². The van der Waals surface area contributed by atoms with E-state index in [0.717, 1.165) is 0 Å². The highest BCUT2D eigenvalue weighted by Crippen LogP contribution is 2.15. The third-order valence-corrected chi connectivity index (χ3v) is 1.08. The number of hydrogen-bond donors (Lipinski definition) is 0. The molecular formula is C5H6BrF3O2. The normalized spacial score (nSPS) is 14.3. The molecule has 0 aromatic carbocycles. The second-order valence-electron chi connectivity index (χ2n) is 1.84. The molecule has 0 spiro atoms. The van der Waals surface area contributed by atoms with Gasteiger partial charge in [-0.2, -0.15) is 13.2 Å². The fourth-order valence-electron chi connectivity index (χ4n) is 0.268. The van der Waals surface area contributed by atoms with Gasteiger partial charge in [-0.15, -0.1) is 0 Å². The van der Waals surface area contributed by atoms with Gasteiger partial charge in [0.05, 0.1) is 0 Å². The van der Waals surface area contributed by atoms with Crippen LogP contribution in [0.2, 0.25) is 0 Å². The Morgan fingerprint density at radius 1 is 1.64 bits per heavy atom. The predicted octanol–water partition coefficient (Wildman–Crippen LogP) is 1.88. The molecule has 0 saturated heterocycles. The van der Waals surface area contributed by atoms with E-state index in [1.807, 2.05) is 0 Å². The highest BCUT2D eigenvalue weighted by atomic mass is 79.9. The summed E-state index contributed by atoms with van der Waals surface area (Å²) in [5.74, 6) is -0.915. The Hall–Kier alpha value is -0.260. The smallest absolute Gasteiger partial charge is 0.422 e. The number of hydrogen-bond acceptors (Lipinski definition) is 2. The number of carbonyl (C=O) groups excluding carboxylic acids is 1. The number of rotatable bonds is 2. The summed E-state index contributed by atoms with van der Waals surface area (Å²) in [6.45, 7) is -0.138. The third kappa shape index (κ3) is 6.15. The molecule has 11 heavy (non-hydrogen) atoms. The number of esters is 1. The lowest BCUT2D eigenvalue weighted by Gasteiger charge is -2.08. The zero-order valence-corrected chi connectivity index (χ0v) is 7.20. The highest BCUT2D eigenvalue weighted by molar-refractivity contribution is 9.10. The maximum atomic E-state index is 11.4. The molecule has 0 aromatic rings. The minimum atomic E-state index is -4.45. The van der Waals surface area contributed by atoms with E-state index in [2.05, 4.69) is 20.7 Å². The topological polar surface area (TPSA) is 26.3 Å². The summed E-state index contributed by atoms with van der Waals surface area (Å²) < 4.78 is 38.0. The van der Waals surface area contributed by atoms with E-state index in [9.17, 15) is 18.0 Å². The van der Waals surface area contributed by atoms with Crippen LogP contribution in [0.5, 0.6) is 0 Å². The predicted molar refractivity (Wildman–Crippen MR) is 35.4 cm³/mol. The Kier molecular flexibility index (Phi) is 3.85. The fraction of sp³-hybridized carbons (Fsp3) is 0.800. The zero-order valence-electron chi connectivity index (χ0n) is 5.61. The van der Waals surface area contributed by atoms with E-state index >= 15 is 0 Å². The summed E-state index contributed by atoms with van der Waals surface area (Å²) in [5, 5.41) is 0. The van der Waals surface area contributed by atoms with Crippen molar-refractivity contribution in [3.63, 3.8) is 0 Å². The van der Waals surface area contributed by atoms with Crippen LogP contribution in [0.25, 0.3) is 0 Å². The van der Waals surface area contributed by atoms with Gasteiger partial charge in [0.15, 0.2) is 6.61 Å². The molecule has 0 bridgehead atoms. The lowest BCUT2D eigenvalue weighted by atomic mass is 10.5. The van der Waals surface area contributed by atoms with E-state index in [1.54, 1.807) is 0 Å². The molecule has 0 N–H and O–H groups in total. The highest BCUT2D eigenvalue weighted by Gasteiger charge is 2.30. The largest absolute Gasteiger partial charge is 0.455 e. The van der Waals surface area contributed by atoms with Crippen LogP contribution >= 0.6 is 15.9 Å². The second-order valence-corrected chi connectivity index (χ2v) is 3.21. The van der Waals surface area contributed by atoms with Gasteiger partial charge < -0.3 is 4.74 Å². The van der Waals surface area contributed by atoms with Gasteiger partial charge in [0.2, 0.25) is 0 Å². The van der Waals surface area contributed by atoms with E-state index in [0.29, 0.717) is 0 Å². The van der Waals surface area contributed by atoms with E-state index in [1.165, 1.54) is 6.92 Å². The van der Waals surface area contributed by atoms with Crippen LogP contribution in [0.1, 0.15) is 6.92 Å². The first kappa shape index (κ1) is 10.7. The van der Waals surface area contributed by atoms with E-state index in [-0.39, 0.29) is 0 Å². The summed E-state index contributed by atoms with van der Waals surface area (Å²) in [6.07, 6.45) is -4.45. The van der Waals surface area contributed by atoms with Crippen molar-refractivity contribution >= 4 is 21.9 Å². The van der Waals surface area contributed by atoms with Crippen molar-refractivity contribution in [2.45, 2.75) is 17.9 Å². The molecule has 0 aromatic heterocycles. The van der Waals surface area contributed by atoms with Crippen LogP contribution < -0.4 is 0 Å². The lowest BCUT2D eigenvalue weighted by Crippen LogP contribution is -2.23. The molecule has 0 aliphatic carbocycles.